The third-order valence-corrected chi connectivity index (χ3v) is 7.20. The van der Waals surface area contributed by atoms with E-state index in [1.807, 2.05) is 82.0 Å². The number of fused-ring (bicyclic) bond motifs is 1. The first-order valence-corrected chi connectivity index (χ1v) is 13.2. The molecule has 4 rings (SSSR count). The fraction of sp³-hybridized carbons (Fsp3) is 0.500. The molecule has 0 aliphatic carbocycles. The number of rotatable bonds is 6. The minimum atomic E-state index is -0.570. The molecule has 3 atom stereocenters. The predicted octanol–water partition coefficient (Wildman–Crippen LogP) is 5.08. The molecule has 0 spiro atoms. The molecule has 7 nitrogen and oxygen atoms in total. The largest absolute Gasteiger partial charge is 0.444 e. The third kappa shape index (κ3) is 6.51. The molecule has 2 aromatic rings. The molecule has 0 radical (unpaired) electrons. The number of benzene rings is 2. The minimum absolute atomic E-state index is 0.0357. The highest BCUT2D eigenvalue weighted by Gasteiger charge is 2.41. The molecule has 2 aromatic carbocycles. The smallest absolute Gasteiger partial charge is 0.410 e. The van der Waals surface area contributed by atoms with Crippen LogP contribution in [0.15, 0.2) is 54.6 Å². The summed E-state index contributed by atoms with van der Waals surface area (Å²) in [5, 5.41) is 2.89. The van der Waals surface area contributed by atoms with Crippen LogP contribution < -0.4 is 5.32 Å². The zero-order valence-corrected chi connectivity index (χ0v) is 22.6. The average molecular weight is 506 g/mol. The maximum atomic E-state index is 13.9. The van der Waals surface area contributed by atoms with Gasteiger partial charge in [0.15, 0.2) is 0 Å². The van der Waals surface area contributed by atoms with E-state index >= 15 is 0 Å². The SMILES string of the molecule is CC(C)N(C[C@H]1CN(C(=O)OC(C)(C)C)C[C@H]1Cc1ccccc1)C(=O)C1CC(=O)Nc2ccccc21. The van der Waals surface area contributed by atoms with Crippen molar-refractivity contribution in [2.45, 2.75) is 65.0 Å². The molecule has 0 saturated carbocycles. The first-order valence-electron chi connectivity index (χ1n) is 13.2. The van der Waals surface area contributed by atoms with Crippen molar-refractivity contribution in [3.05, 3.63) is 65.7 Å². The van der Waals surface area contributed by atoms with Crippen LogP contribution in [0.3, 0.4) is 0 Å². The summed E-state index contributed by atoms with van der Waals surface area (Å²) >= 11 is 0. The third-order valence-electron chi connectivity index (χ3n) is 7.20. The Balaban J connectivity index is 1.57. The summed E-state index contributed by atoms with van der Waals surface area (Å²) in [5.41, 5.74) is 2.21. The summed E-state index contributed by atoms with van der Waals surface area (Å²) in [4.78, 5) is 43.0. The van der Waals surface area contributed by atoms with Crippen LogP contribution >= 0.6 is 0 Å². The zero-order valence-electron chi connectivity index (χ0n) is 22.6. The van der Waals surface area contributed by atoms with Crippen molar-refractivity contribution < 1.29 is 19.1 Å². The second kappa shape index (κ2) is 11.0. The molecule has 1 fully saturated rings. The number of anilines is 1. The van der Waals surface area contributed by atoms with Gasteiger partial charge < -0.3 is 19.9 Å². The first-order chi connectivity index (χ1) is 17.5. The number of hydrogen-bond acceptors (Lipinski definition) is 4. The molecular weight excluding hydrogens is 466 g/mol. The van der Waals surface area contributed by atoms with Crippen LogP contribution in [-0.4, -0.2) is 59.0 Å². The van der Waals surface area contributed by atoms with Crippen molar-refractivity contribution in [3.8, 4) is 0 Å². The summed E-state index contributed by atoms with van der Waals surface area (Å²) in [6.45, 7) is 11.3. The molecule has 198 valence electrons. The molecule has 2 aliphatic rings. The lowest BCUT2D eigenvalue weighted by Crippen LogP contribution is -2.46. The van der Waals surface area contributed by atoms with Crippen molar-refractivity contribution in [1.29, 1.82) is 0 Å². The molecule has 0 bridgehead atoms. The van der Waals surface area contributed by atoms with E-state index in [0.717, 1.165) is 12.0 Å². The second-order valence-electron chi connectivity index (χ2n) is 11.6. The van der Waals surface area contributed by atoms with E-state index in [1.54, 1.807) is 4.90 Å². The number of amides is 3. The molecule has 1 N–H and O–H groups in total. The highest BCUT2D eigenvalue weighted by molar-refractivity contribution is 6.01. The van der Waals surface area contributed by atoms with Crippen LogP contribution in [0.25, 0.3) is 0 Å². The van der Waals surface area contributed by atoms with Crippen molar-refractivity contribution in [2.24, 2.45) is 11.8 Å². The maximum absolute atomic E-state index is 13.9. The summed E-state index contributed by atoms with van der Waals surface area (Å²) in [5.74, 6) is -0.410. The molecule has 37 heavy (non-hydrogen) atoms. The average Bonchev–Trinajstić information content (AvgIpc) is 3.23. The highest BCUT2D eigenvalue weighted by Crippen LogP contribution is 2.35. The summed E-state index contributed by atoms with van der Waals surface area (Å²) in [7, 11) is 0. The molecule has 2 aliphatic heterocycles. The van der Waals surface area contributed by atoms with Crippen molar-refractivity contribution >= 4 is 23.6 Å². The Kier molecular flexibility index (Phi) is 7.90. The van der Waals surface area contributed by atoms with Crippen LogP contribution in [0.4, 0.5) is 10.5 Å². The quantitative estimate of drug-likeness (QED) is 0.594. The highest BCUT2D eigenvalue weighted by atomic mass is 16.6. The van der Waals surface area contributed by atoms with E-state index in [1.165, 1.54) is 5.56 Å². The Morgan fingerprint density at radius 3 is 2.35 bits per heavy atom. The van der Waals surface area contributed by atoms with Gasteiger partial charge in [0.2, 0.25) is 11.8 Å². The molecular formula is C30H39N3O4. The molecule has 1 saturated heterocycles. The predicted molar refractivity (Wildman–Crippen MR) is 144 cm³/mol. The molecule has 2 heterocycles. The Morgan fingerprint density at radius 2 is 1.68 bits per heavy atom. The van der Waals surface area contributed by atoms with Gasteiger partial charge >= 0.3 is 6.09 Å². The van der Waals surface area contributed by atoms with Crippen molar-refractivity contribution in [1.82, 2.24) is 9.80 Å². The standard InChI is InChI=1S/C30H39N3O4/c1-20(2)33(28(35)25-16-27(34)31-26-14-10-9-13-24(25)26)19-23-18-32(29(36)37-30(3,4)5)17-22(23)15-21-11-7-6-8-12-21/h6-14,20,22-23,25H,15-19H2,1-5H3,(H,31,34)/t22-,23-,25?/m1/s1. The number of nitrogens with one attached hydrogen (secondary N) is 1. The summed E-state index contributed by atoms with van der Waals surface area (Å²) < 4.78 is 5.68. The molecule has 1 unspecified atom stereocenters. The van der Waals surface area contributed by atoms with Gasteiger partial charge in [0.25, 0.3) is 0 Å². The van der Waals surface area contributed by atoms with Gasteiger partial charge in [-0.15, -0.1) is 0 Å². The normalized spacial score (nSPS) is 21.4. The van der Waals surface area contributed by atoms with Gasteiger partial charge in [0.05, 0.1) is 5.92 Å². The molecule has 7 heteroatoms. The number of carbonyl (C=O) groups excluding carboxylic acids is 3. The fourth-order valence-corrected chi connectivity index (χ4v) is 5.41. The molecule has 0 aromatic heterocycles. The number of para-hydroxylation sites is 1. The Labute approximate surface area is 220 Å². The number of hydrogen-bond donors (Lipinski definition) is 1. The van der Waals surface area contributed by atoms with E-state index in [9.17, 15) is 14.4 Å². The topological polar surface area (TPSA) is 79.0 Å². The van der Waals surface area contributed by atoms with Crippen LogP contribution in [0.5, 0.6) is 0 Å². The van der Waals surface area contributed by atoms with Gasteiger partial charge in [-0.1, -0.05) is 48.5 Å². The van der Waals surface area contributed by atoms with Gasteiger partial charge in [-0.2, -0.15) is 0 Å². The molecule has 3 amide bonds. The first kappa shape index (κ1) is 26.7. The summed E-state index contributed by atoms with van der Waals surface area (Å²) in [6, 6.07) is 17.8. The Morgan fingerprint density at radius 1 is 1.03 bits per heavy atom. The Hall–Kier alpha value is -3.35. The van der Waals surface area contributed by atoms with Crippen molar-refractivity contribution in [2.75, 3.05) is 25.0 Å². The van der Waals surface area contributed by atoms with Crippen LogP contribution in [0.1, 0.15) is 58.1 Å². The van der Waals surface area contributed by atoms with Crippen LogP contribution in [0.2, 0.25) is 0 Å². The van der Waals surface area contributed by atoms with Crippen LogP contribution in [0, 0.1) is 11.8 Å². The minimum Gasteiger partial charge on any atom is -0.444 e. The summed E-state index contributed by atoms with van der Waals surface area (Å²) in [6.07, 6.45) is 0.647. The number of ether oxygens (including phenoxy) is 1. The van der Waals surface area contributed by atoms with Gasteiger partial charge in [-0.3, -0.25) is 9.59 Å². The van der Waals surface area contributed by atoms with Gasteiger partial charge in [0, 0.05) is 37.8 Å². The number of likely N-dealkylation sites (tertiary alicyclic amines) is 1. The van der Waals surface area contributed by atoms with Gasteiger partial charge in [-0.25, -0.2) is 4.79 Å². The lowest BCUT2D eigenvalue weighted by molar-refractivity contribution is -0.137. The maximum Gasteiger partial charge on any atom is 0.410 e. The van der Waals surface area contributed by atoms with Crippen LogP contribution in [-0.2, 0) is 20.7 Å². The second-order valence-corrected chi connectivity index (χ2v) is 11.6. The van der Waals surface area contributed by atoms with E-state index < -0.39 is 11.5 Å². The number of carbonyl (C=O) groups is 3. The lowest BCUT2D eigenvalue weighted by atomic mass is 9.86. The fourth-order valence-electron chi connectivity index (χ4n) is 5.41. The number of nitrogens with zero attached hydrogens (tertiary/aromatic N) is 2. The Bertz CT molecular complexity index is 1130. The van der Waals surface area contributed by atoms with E-state index in [2.05, 4.69) is 17.4 Å². The zero-order chi connectivity index (χ0) is 26.7. The van der Waals surface area contributed by atoms with Crippen molar-refractivity contribution in [3.63, 3.8) is 0 Å². The van der Waals surface area contributed by atoms with E-state index in [4.69, 9.17) is 4.74 Å². The van der Waals surface area contributed by atoms with E-state index in [-0.39, 0.29) is 42.2 Å². The van der Waals surface area contributed by atoms with Gasteiger partial charge in [0.1, 0.15) is 5.60 Å². The van der Waals surface area contributed by atoms with Gasteiger partial charge in [-0.05, 0) is 70.1 Å². The monoisotopic (exact) mass is 505 g/mol. The van der Waals surface area contributed by atoms with E-state index in [0.29, 0.717) is 25.3 Å². The lowest BCUT2D eigenvalue weighted by Gasteiger charge is -2.35.